The predicted octanol–water partition coefficient (Wildman–Crippen LogP) is 1.57. The number of rotatable bonds is 8. The number of hydrogen-bond donors (Lipinski definition) is 2. The molecule has 0 radical (unpaired) electrons. The van der Waals surface area contributed by atoms with Gasteiger partial charge in [0.25, 0.3) is 5.91 Å². The maximum Gasteiger partial charge on any atom is 0.418 e. The molecule has 0 aliphatic rings. The summed E-state index contributed by atoms with van der Waals surface area (Å²) in [5, 5.41) is 2.22. The zero-order valence-electron chi connectivity index (χ0n) is 15.0. The fraction of sp³-hybridized carbons (Fsp3) is 0.278. The zero-order valence-corrected chi connectivity index (χ0v) is 15.8. The van der Waals surface area contributed by atoms with Crippen LogP contribution in [-0.2, 0) is 21.1 Å². The van der Waals surface area contributed by atoms with E-state index in [1.165, 1.54) is 24.3 Å². The van der Waals surface area contributed by atoms with Crippen LogP contribution in [0.25, 0.3) is 0 Å². The first-order chi connectivity index (χ1) is 13.1. The van der Waals surface area contributed by atoms with Gasteiger partial charge >= 0.3 is 16.3 Å². The number of quaternary nitrogens is 1. The third-order valence-electron chi connectivity index (χ3n) is 3.71. The van der Waals surface area contributed by atoms with Crippen LogP contribution in [-0.4, -0.2) is 40.2 Å². The minimum atomic E-state index is -4.59. The van der Waals surface area contributed by atoms with E-state index in [4.69, 9.17) is 4.18 Å². The Bertz CT molecular complexity index is 903. The van der Waals surface area contributed by atoms with Crippen molar-refractivity contribution in [3.05, 3.63) is 60.2 Å². The maximum absolute atomic E-state index is 13.0. The first-order valence-electron chi connectivity index (χ1n) is 8.31. The highest BCUT2D eigenvalue weighted by atomic mass is 32.2. The Morgan fingerprint density at radius 3 is 2.32 bits per heavy atom. The normalized spacial score (nSPS) is 13.0. The topological polar surface area (TPSA) is 76.9 Å². The molecular weight excluding hydrogens is 397 g/mol. The van der Waals surface area contributed by atoms with Crippen LogP contribution in [0.1, 0.15) is 5.56 Å². The van der Waals surface area contributed by atoms with Gasteiger partial charge in [-0.3, -0.25) is 4.79 Å². The number of carbonyl (C=O) groups is 1. The van der Waals surface area contributed by atoms with Crippen molar-refractivity contribution in [2.75, 3.05) is 31.2 Å². The Morgan fingerprint density at radius 2 is 1.68 bits per heavy atom. The lowest BCUT2D eigenvalue weighted by Gasteiger charge is -2.16. The van der Waals surface area contributed by atoms with Crippen LogP contribution in [0, 0.1) is 0 Å². The molecule has 0 aliphatic heterocycles. The van der Waals surface area contributed by atoms with E-state index in [0.29, 0.717) is 4.90 Å². The number of alkyl halides is 3. The molecule has 0 aromatic heterocycles. The lowest BCUT2D eigenvalue weighted by Crippen LogP contribution is -3.10. The van der Waals surface area contributed by atoms with Gasteiger partial charge in [0.05, 0.1) is 24.8 Å². The lowest BCUT2D eigenvalue weighted by atomic mass is 10.1. The minimum Gasteiger partial charge on any atom is -0.382 e. The Balaban J connectivity index is 1.88. The monoisotopic (exact) mass is 417 g/mol. The summed E-state index contributed by atoms with van der Waals surface area (Å²) in [7, 11) is -2.29. The molecule has 1 amide bonds. The number of carbonyl (C=O) groups excluding carboxylic acids is 1. The van der Waals surface area contributed by atoms with Gasteiger partial charge in [-0.15, -0.1) is 0 Å². The highest BCUT2D eigenvalue weighted by Gasteiger charge is 2.33. The van der Waals surface area contributed by atoms with Crippen LogP contribution < -0.4 is 14.4 Å². The number of anilines is 1. The molecular formula is C18H20F3N2O4S+. The van der Waals surface area contributed by atoms with Crippen molar-refractivity contribution in [1.29, 1.82) is 0 Å². The second kappa shape index (κ2) is 9.07. The quantitative estimate of drug-likeness (QED) is 0.640. The summed E-state index contributed by atoms with van der Waals surface area (Å²) in [6, 6.07) is 12.6. The summed E-state index contributed by atoms with van der Waals surface area (Å²) in [5.74, 6) is -0.822. The van der Waals surface area contributed by atoms with Gasteiger partial charge in [-0.25, -0.2) is 0 Å². The molecule has 0 spiro atoms. The first kappa shape index (κ1) is 21.7. The van der Waals surface area contributed by atoms with Gasteiger partial charge in [-0.2, -0.15) is 21.6 Å². The average Bonchev–Trinajstić information content (AvgIpc) is 2.60. The van der Waals surface area contributed by atoms with E-state index in [0.717, 1.165) is 12.1 Å². The molecule has 0 heterocycles. The summed E-state index contributed by atoms with van der Waals surface area (Å²) in [6.07, 6.45) is -4.59. The Hall–Kier alpha value is -2.59. The number of likely N-dealkylation sites (N-methyl/N-ethyl adjacent to an activating group) is 1. The second-order valence-corrected chi connectivity index (χ2v) is 7.82. The van der Waals surface area contributed by atoms with E-state index in [-0.39, 0.29) is 30.3 Å². The van der Waals surface area contributed by atoms with Gasteiger partial charge in [0.2, 0.25) is 0 Å². The Morgan fingerprint density at radius 1 is 1.07 bits per heavy atom. The summed E-state index contributed by atoms with van der Waals surface area (Å²) < 4.78 is 67.8. The van der Waals surface area contributed by atoms with Crippen molar-refractivity contribution in [1.82, 2.24) is 0 Å². The molecule has 0 saturated carbocycles. The summed E-state index contributed by atoms with van der Waals surface area (Å²) in [5.41, 5.74) is -1.28. The van der Waals surface area contributed by atoms with Crippen molar-refractivity contribution in [3.8, 4) is 5.75 Å². The molecule has 0 saturated heterocycles. The van der Waals surface area contributed by atoms with Crippen LogP contribution in [0.15, 0.2) is 54.6 Å². The summed E-state index contributed by atoms with van der Waals surface area (Å²) >= 11 is 0. The summed E-state index contributed by atoms with van der Waals surface area (Å²) in [4.78, 5) is 12.5. The van der Waals surface area contributed by atoms with Gasteiger partial charge in [-0.05, 0) is 24.3 Å². The number of benzene rings is 2. The van der Waals surface area contributed by atoms with Crippen molar-refractivity contribution in [2.45, 2.75) is 6.18 Å². The molecule has 10 heteroatoms. The van der Waals surface area contributed by atoms with E-state index < -0.39 is 27.8 Å². The zero-order chi connectivity index (χ0) is 20.8. The molecule has 2 aromatic rings. The number of para-hydroxylation sites is 2. The van der Waals surface area contributed by atoms with Crippen LogP contribution in [0.4, 0.5) is 18.9 Å². The minimum absolute atomic E-state index is 0.0451. The first-order valence-corrected chi connectivity index (χ1v) is 9.89. The molecule has 0 fully saturated rings. The third kappa shape index (κ3) is 6.86. The van der Waals surface area contributed by atoms with Gasteiger partial charge < -0.3 is 14.4 Å². The molecule has 2 N–H and O–H groups in total. The molecule has 0 aliphatic carbocycles. The van der Waals surface area contributed by atoms with Crippen molar-refractivity contribution in [2.24, 2.45) is 0 Å². The molecule has 2 aromatic carbocycles. The molecule has 152 valence electrons. The van der Waals surface area contributed by atoms with Crippen molar-refractivity contribution < 1.29 is 35.5 Å². The van der Waals surface area contributed by atoms with Crippen molar-refractivity contribution >= 4 is 21.7 Å². The number of amides is 1. The van der Waals surface area contributed by atoms with Crippen LogP contribution in [0.2, 0.25) is 0 Å². The highest BCUT2D eigenvalue weighted by molar-refractivity contribution is 7.87. The molecule has 2 rings (SSSR count). The fourth-order valence-corrected chi connectivity index (χ4v) is 3.45. The van der Waals surface area contributed by atoms with Gasteiger partial charge in [0.1, 0.15) is 11.5 Å². The number of nitrogens with one attached hydrogen (secondary N) is 2. The fourth-order valence-electron chi connectivity index (χ4n) is 2.36. The molecule has 0 bridgehead atoms. The smallest absolute Gasteiger partial charge is 0.382 e. The standard InChI is InChI=1S/C18H19F3N2O4S/c1-23(11-12-28(25,26)27-14-7-3-2-4-8-14)13-17(24)22-16-10-6-5-9-15(16)18(19,20)21/h2-10H,11-13H2,1H3,(H,22,24)/p+1. The average molecular weight is 417 g/mol. The predicted molar refractivity (Wildman–Crippen MR) is 97.6 cm³/mol. The van der Waals surface area contributed by atoms with Gasteiger partial charge in [-0.1, -0.05) is 30.3 Å². The highest BCUT2D eigenvalue weighted by Crippen LogP contribution is 2.34. The molecule has 1 atom stereocenters. The largest absolute Gasteiger partial charge is 0.418 e. The van der Waals surface area contributed by atoms with E-state index in [1.54, 1.807) is 25.2 Å². The molecule has 6 nitrogen and oxygen atoms in total. The SMILES string of the molecule is C[NH+](CCS(=O)(=O)Oc1ccccc1)CC(=O)Nc1ccccc1C(F)(F)F. The van der Waals surface area contributed by atoms with Crippen LogP contribution in [0.5, 0.6) is 5.75 Å². The third-order valence-corrected chi connectivity index (χ3v) is 4.86. The maximum atomic E-state index is 13.0. The van der Waals surface area contributed by atoms with E-state index in [2.05, 4.69) is 5.32 Å². The van der Waals surface area contributed by atoms with E-state index in [9.17, 15) is 26.4 Å². The Labute approximate surface area is 161 Å². The number of hydrogen-bond acceptors (Lipinski definition) is 4. The molecule has 28 heavy (non-hydrogen) atoms. The van der Waals surface area contributed by atoms with Crippen LogP contribution in [0.3, 0.4) is 0 Å². The number of halogens is 3. The van der Waals surface area contributed by atoms with Gasteiger partial charge in [0.15, 0.2) is 6.54 Å². The lowest BCUT2D eigenvalue weighted by molar-refractivity contribution is -0.868. The van der Waals surface area contributed by atoms with Gasteiger partial charge in [0, 0.05) is 0 Å². The molecule has 1 unspecified atom stereocenters. The Kier molecular flexibility index (Phi) is 7.03. The van der Waals surface area contributed by atoms with E-state index in [1.807, 2.05) is 0 Å². The summed E-state index contributed by atoms with van der Waals surface area (Å²) in [6.45, 7) is -0.156. The van der Waals surface area contributed by atoms with Crippen LogP contribution >= 0.6 is 0 Å². The van der Waals surface area contributed by atoms with Crippen molar-refractivity contribution in [3.63, 3.8) is 0 Å². The second-order valence-electron chi connectivity index (χ2n) is 6.13. The van der Waals surface area contributed by atoms with E-state index >= 15 is 0 Å².